The van der Waals surface area contributed by atoms with E-state index in [9.17, 15) is 32.6 Å². The lowest BCUT2D eigenvalue weighted by atomic mass is 10.0. The average molecular weight is 957 g/mol. The first kappa shape index (κ1) is 46.9. The normalized spacial score (nSPS) is 25.2. The molecule has 0 radical (unpaired) electrons. The summed E-state index contributed by atoms with van der Waals surface area (Å²) in [6.07, 6.45) is 5.33. The summed E-state index contributed by atoms with van der Waals surface area (Å²) in [7, 11) is -3.06. The van der Waals surface area contributed by atoms with E-state index in [0.717, 1.165) is 57.1 Å². The third-order valence-corrected chi connectivity index (χ3v) is 16.9. The molecule has 2 saturated carbocycles. The van der Waals surface area contributed by atoms with E-state index >= 15 is 0 Å². The van der Waals surface area contributed by atoms with E-state index in [2.05, 4.69) is 16.0 Å². The van der Waals surface area contributed by atoms with E-state index in [-0.39, 0.29) is 36.6 Å². The molecule has 65 heavy (non-hydrogen) atoms. The van der Waals surface area contributed by atoms with Crippen LogP contribution in [0.25, 0.3) is 22.3 Å². The first-order valence-electron chi connectivity index (χ1n) is 22.6. The molecule has 350 valence electrons. The highest BCUT2D eigenvalue weighted by Crippen LogP contribution is 2.71. The Morgan fingerprint density at radius 2 is 1.71 bits per heavy atom. The molecule has 2 aliphatic carbocycles. The summed E-state index contributed by atoms with van der Waals surface area (Å²) in [5, 5.41) is 10.7. The number of benzene rings is 2. The summed E-state index contributed by atoms with van der Waals surface area (Å²) in [4.78, 5) is 65.9. The van der Waals surface area contributed by atoms with Crippen LogP contribution >= 0.6 is 30.3 Å². The molecule has 6 atom stereocenters. The Hall–Kier alpha value is -4.57. The van der Waals surface area contributed by atoms with Crippen molar-refractivity contribution in [2.24, 2.45) is 5.92 Å². The lowest BCUT2D eigenvalue weighted by Gasteiger charge is -2.31. The largest absolute Gasteiger partial charge is 0.495 e. The number of methoxy groups -OCH3 is 1. The van der Waals surface area contributed by atoms with Gasteiger partial charge in [0, 0.05) is 34.9 Å². The summed E-state index contributed by atoms with van der Waals surface area (Å²) in [5.74, 6) is -2.85. The number of nitrogens with one attached hydrogen (secondary N) is 3. The maximum atomic E-state index is 15.0. The van der Waals surface area contributed by atoms with Gasteiger partial charge < -0.3 is 40.0 Å². The third kappa shape index (κ3) is 10.2. The summed E-state index contributed by atoms with van der Waals surface area (Å²) in [5.41, 5.74) is 0.862. The van der Waals surface area contributed by atoms with E-state index in [1.807, 2.05) is 19.2 Å². The van der Waals surface area contributed by atoms with E-state index < -0.39 is 78.0 Å². The topological polar surface area (TPSA) is 181 Å². The number of pyridine rings is 1. The van der Waals surface area contributed by atoms with Gasteiger partial charge in [0.2, 0.25) is 19.2 Å². The first-order chi connectivity index (χ1) is 31.2. The van der Waals surface area contributed by atoms with Crippen molar-refractivity contribution in [2.45, 2.75) is 139 Å². The molecule has 2 aliphatic heterocycles. The number of rotatable bonds is 11. The van der Waals surface area contributed by atoms with E-state index in [4.69, 9.17) is 35.8 Å². The molecule has 8 rings (SSSR count). The molecule has 4 aromatic rings. The number of nitrogens with zero attached hydrogens (tertiary/aromatic N) is 3. The summed E-state index contributed by atoms with van der Waals surface area (Å²) in [6.45, 7) is 3.92. The van der Waals surface area contributed by atoms with Crippen molar-refractivity contribution >= 4 is 64.2 Å². The molecule has 14 nitrogen and oxygen atoms in total. The van der Waals surface area contributed by atoms with Crippen LogP contribution < -0.4 is 25.4 Å². The highest BCUT2D eigenvalue weighted by Gasteiger charge is 2.66. The number of anilines is 1. The molecule has 2 unspecified atom stereocenters. The monoisotopic (exact) mass is 956 g/mol. The summed E-state index contributed by atoms with van der Waals surface area (Å²) < 4.78 is 62.5. The maximum Gasteiger partial charge on any atom is 0.408 e. The molecule has 4 N–H and O–H groups in total. The molecule has 2 aromatic heterocycles. The number of ether oxygens (including phenoxy) is 3. The molecule has 2 saturated heterocycles. The van der Waals surface area contributed by atoms with Gasteiger partial charge in [-0.1, -0.05) is 49.8 Å². The van der Waals surface area contributed by atoms with Crippen molar-refractivity contribution in [3.8, 4) is 22.9 Å². The van der Waals surface area contributed by atoms with Gasteiger partial charge in [-0.2, -0.15) is 0 Å². The number of aromatic nitrogens is 2. The van der Waals surface area contributed by atoms with Gasteiger partial charge in [-0.15, -0.1) is 11.3 Å². The van der Waals surface area contributed by atoms with Crippen LogP contribution in [0.4, 0.5) is 18.7 Å². The fourth-order valence-electron chi connectivity index (χ4n) is 9.58. The van der Waals surface area contributed by atoms with Crippen LogP contribution in [0.1, 0.15) is 103 Å². The minimum absolute atomic E-state index is 0.0442. The average Bonchev–Trinajstić information content (AvgIpc) is 3.68. The van der Waals surface area contributed by atoms with Crippen LogP contribution in [0.3, 0.4) is 0 Å². The molecule has 0 spiro atoms. The van der Waals surface area contributed by atoms with Crippen molar-refractivity contribution in [1.82, 2.24) is 25.5 Å². The van der Waals surface area contributed by atoms with Crippen molar-refractivity contribution in [2.75, 3.05) is 19.0 Å². The van der Waals surface area contributed by atoms with Crippen molar-refractivity contribution in [1.29, 1.82) is 0 Å². The Kier molecular flexibility index (Phi) is 14.2. The molecule has 4 fully saturated rings. The fourth-order valence-corrected chi connectivity index (χ4v) is 13.2. The number of hydrogen-bond acceptors (Lipinski definition) is 11. The molecule has 0 bridgehead atoms. The van der Waals surface area contributed by atoms with Crippen molar-refractivity contribution in [3.05, 3.63) is 64.0 Å². The van der Waals surface area contributed by atoms with E-state index in [1.165, 1.54) is 29.4 Å². The molecular weight excluding hydrogens is 901 g/mol. The predicted octanol–water partition coefficient (Wildman–Crippen LogP) is 9.55. The Balaban J connectivity index is 1.14. The second-order valence-electron chi connectivity index (χ2n) is 18.0. The quantitative estimate of drug-likeness (QED) is 0.105. The van der Waals surface area contributed by atoms with Crippen LogP contribution in [-0.4, -0.2) is 86.9 Å². The molecule has 4 aliphatic rings. The van der Waals surface area contributed by atoms with Gasteiger partial charge in [0.05, 0.1) is 31.0 Å². The van der Waals surface area contributed by atoms with Gasteiger partial charge in [0.1, 0.15) is 63.4 Å². The standard InChI is InChI=1S/C46H56ClF2N6O8PS/c1-26(2)50-44-52-36(25-65-44)35-21-39(30-18-19-38(61-3)40(47)41(30)51-35)62-29-20-37-42(56)54-46(64(59,60)24-31-32(48)15-11-16-33(31)49)22-27(46)12-7-5-4-6-8-17-34(43(57)55(37)23-29)53-45(58)63-28-13-9-10-14-28/h11,15-16,18-19,21,25-29,34,37H,4-10,12-14,17,20,22-24H2,1-3H3,(H,50,52)(H,53,58)(H,54,56)(H,59,60)/t27-,29?,34+,37+,46+/m1/s1. The van der Waals surface area contributed by atoms with Crippen LogP contribution in [-0.2, 0) is 25.1 Å². The zero-order chi connectivity index (χ0) is 46.0. The Bertz CT molecular complexity index is 2450. The molecule has 3 amide bonds. The highest BCUT2D eigenvalue weighted by atomic mass is 35.5. The van der Waals surface area contributed by atoms with Crippen molar-refractivity contribution in [3.63, 3.8) is 0 Å². The van der Waals surface area contributed by atoms with Gasteiger partial charge >= 0.3 is 6.09 Å². The van der Waals surface area contributed by atoms with Gasteiger partial charge in [-0.25, -0.2) is 23.5 Å². The molecule has 4 heterocycles. The lowest BCUT2D eigenvalue weighted by molar-refractivity contribution is -0.140. The number of fused-ring (bicyclic) bond motifs is 3. The minimum Gasteiger partial charge on any atom is -0.495 e. The van der Waals surface area contributed by atoms with Crippen LogP contribution in [0, 0.1) is 17.6 Å². The van der Waals surface area contributed by atoms with Gasteiger partial charge in [0.15, 0.2) is 5.13 Å². The van der Waals surface area contributed by atoms with Crippen LogP contribution in [0.2, 0.25) is 5.02 Å². The zero-order valence-corrected chi connectivity index (χ0v) is 39.2. The second kappa shape index (κ2) is 19.7. The minimum atomic E-state index is -4.56. The van der Waals surface area contributed by atoms with Gasteiger partial charge in [0.25, 0.3) is 0 Å². The Morgan fingerprint density at radius 1 is 1.00 bits per heavy atom. The second-order valence-corrected chi connectivity index (χ2v) is 21.8. The third-order valence-electron chi connectivity index (χ3n) is 13.1. The van der Waals surface area contributed by atoms with Gasteiger partial charge in [-0.3, -0.25) is 14.2 Å². The van der Waals surface area contributed by atoms with Crippen molar-refractivity contribution < 1.29 is 46.8 Å². The summed E-state index contributed by atoms with van der Waals surface area (Å²) >= 11 is 8.28. The number of hydrogen-bond donors (Lipinski definition) is 4. The predicted molar refractivity (Wildman–Crippen MR) is 245 cm³/mol. The smallest absolute Gasteiger partial charge is 0.408 e. The van der Waals surface area contributed by atoms with Crippen LogP contribution in [0.5, 0.6) is 11.5 Å². The Morgan fingerprint density at radius 3 is 2.43 bits per heavy atom. The summed E-state index contributed by atoms with van der Waals surface area (Å²) in [6, 6.07) is 6.29. The van der Waals surface area contributed by atoms with E-state index in [0.29, 0.717) is 64.6 Å². The molecular formula is C46H56ClF2N6O8PS. The SMILES string of the molecule is COc1ccc2c(OC3C[C@H]4C(=O)N[C@]5(P(=O)(O)Cc6c(F)cccc6F)C[C@H]5CCCCCCC[C@H](NC(=O)OC5CCCC5)C(=O)N4C3)cc(-c3csc(NC(C)C)n3)nc2c1Cl. The first-order valence-corrected chi connectivity index (χ1v) is 25.7. The van der Waals surface area contributed by atoms with Crippen LogP contribution in [0.15, 0.2) is 41.8 Å². The lowest BCUT2D eigenvalue weighted by Crippen LogP contribution is -2.55. The number of carbonyl (C=O) groups is 3. The number of thiazole rings is 1. The maximum absolute atomic E-state index is 15.0. The highest BCUT2D eigenvalue weighted by molar-refractivity contribution is 7.59. The molecule has 19 heteroatoms. The fraction of sp³-hybridized carbons (Fsp3) is 0.543. The molecule has 2 aromatic carbocycles. The Labute approximate surface area is 386 Å². The number of alkyl carbamates (subject to hydrolysis) is 1. The number of halogens is 3. The van der Waals surface area contributed by atoms with E-state index in [1.54, 1.807) is 18.2 Å². The zero-order valence-electron chi connectivity index (χ0n) is 36.7. The number of carbonyl (C=O) groups excluding carboxylic acids is 3. The van der Waals surface area contributed by atoms with Gasteiger partial charge in [-0.05, 0) is 89.0 Å². The number of amides is 3.